The lowest BCUT2D eigenvalue weighted by Crippen LogP contribution is -2.16. The number of amides is 1. The molecule has 0 aliphatic heterocycles. The van der Waals surface area contributed by atoms with Crippen molar-refractivity contribution >= 4 is 33.0 Å². The quantitative estimate of drug-likeness (QED) is 0.431. The molecule has 9 heteroatoms. The van der Waals surface area contributed by atoms with Gasteiger partial charge in [-0.1, -0.05) is 29.8 Å². The number of nitro benzene ring substituents is 1. The third-order valence-corrected chi connectivity index (χ3v) is 6.14. The van der Waals surface area contributed by atoms with Gasteiger partial charge in [-0.2, -0.15) is 0 Å². The molecule has 0 saturated carbocycles. The van der Waals surface area contributed by atoms with Crippen LogP contribution in [0.1, 0.15) is 27.0 Å². The van der Waals surface area contributed by atoms with Crippen molar-refractivity contribution in [3.05, 3.63) is 93.0 Å². The molecule has 1 amide bonds. The number of sulfonamides is 1. The number of carbonyl (C=O) groups excluding carboxylic acids is 1. The molecule has 0 bridgehead atoms. The lowest BCUT2D eigenvalue weighted by Gasteiger charge is -2.13. The van der Waals surface area contributed by atoms with E-state index in [1.807, 2.05) is 6.92 Å². The number of anilines is 2. The third-order valence-electron chi connectivity index (χ3n) is 4.76. The molecule has 0 saturated heterocycles. The molecule has 160 valence electrons. The molecule has 31 heavy (non-hydrogen) atoms. The predicted molar refractivity (Wildman–Crippen MR) is 119 cm³/mol. The van der Waals surface area contributed by atoms with Crippen molar-refractivity contribution in [3.8, 4) is 0 Å². The first kappa shape index (κ1) is 22.0. The van der Waals surface area contributed by atoms with Gasteiger partial charge in [0.2, 0.25) is 0 Å². The number of nitrogens with zero attached hydrogens (tertiary/aromatic N) is 1. The summed E-state index contributed by atoms with van der Waals surface area (Å²) in [7, 11) is -3.83. The first-order chi connectivity index (χ1) is 14.6. The Hall–Kier alpha value is -3.72. The van der Waals surface area contributed by atoms with E-state index in [-0.39, 0.29) is 21.8 Å². The van der Waals surface area contributed by atoms with Gasteiger partial charge >= 0.3 is 0 Å². The summed E-state index contributed by atoms with van der Waals surface area (Å²) in [6.07, 6.45) is 0. The fourth-order valence-electron chi connectivity index (χ4n) is 2.85. The zero-order valence-electron chi connectivity index (χ0n) is 17.2. The summed E-state index contributed by atoms with van der Waals surface area (Å²) in [5.74, 6) is -0.514. The SMILES string of the molecule is Cc1ccc(S(=O)(=O)Nc2cc(C(=O)Nc3cc([N+](=O)[O-])ccc3C)ccc2C)cc1. The summed E-state index contributed by atoms with van der Waals surface area (Å²) in [5, 5.41) is 13.6. The molecule has 3 aromatic rings. The standard InChI is InChI=1S/C22H21N3O5S/c1-14-4-10-19(11-5-14)31(29,30)24-21-12-17(8-6-16(21)3)22(26)23-20-13-18(25(27)28)9-7-15(20)2/h4-13,24H,1-3H3,(H,23,26). The topological polar surface area (TPSA) is 118 Å². The Kier molecular flexibility index (Phi) is 6.07. The second-order valence-electron chi connectivity index (χ2n) is 7.16. The number of nitro groups is 1. The van der Waals surface area contributed by atoms with E-state index in [9.17, 15) is 23.3 Å². The molecule has 0 aromatic heterocycles. The van der Waals surface area contributed by atoms with Crippen molar-refractivity contribution in [2.24, 2.45) is 0 Å². The molecule has 3 aromatic carbocycles. The second kappa shape index (κ2) is 8.57. The number of carbonyl (C=O) groups is 1. The predicted octanol–water partition coefficient (Wildman–Crippen LogP) is 4.57. The Morgan fingerprint density at radius 2 is 1.48 bits per heavy atom. The number of hydrogen-bond donors (Lipinski definition) is 2. The molecule has 3 rings (SSSR count). The first-order valence-corrected chi connectivity index (χ1v) is 10.8. The summed E-state index contributed by atoms with van der Waals surface area (Å²) >= 11 is 0. The first-order valence-electron chi connectivity index (χ1n) is 9.33. The molecule has 0 atom stereocenters. The van der Waals surface area contributed by atoms with Crippen molar-refractivity contribution in [2.75, 3.05) is 10.0 Å². The Labute approximate surface area is 180 Å². The van der Waals surface area contributed by atoms with Crippen LogP contribution in [-0.4, -0.2) is 19.2 Å². The number of aryl methyl sites for hydroxylation is 3. The average Bonchev–Trinajstić information content (AvgIpc) is 2.71. The van der Waals surface area contributed by atoms with Gasteiger partial charge in [0.05, 0.1) is 21.2 Å². The lowest BCUT2D eigenvalue weighted by atomic mass is 10.1. The van der Waals surface area contributed by atoms with E-state index in [4.69, 9.17) is 0 Å². The summed E-state index contributed by atoms with van der Waals surface area (Å²) in [5.41, 5.74) is 2.87. The van der Waals surface area contributed by atoms with E-state index in [1.54, 1.807) is 44.2 Å². The fourth-order valence-corrected chi connectivity index (χ4v) is 3.97. The number of non-ortho nitro benzene ring substituents is 1. The smallest absolute Gasteiger partial charge is 0.271 e. The van der Waals surface area contributed by atoms with Crippen molar-refractivity contribution in [1.82, 2.24) is 0 Å². The molecule has 0 unspecified atom stereocenters. The van der Waals surface area contributed by atoms with Gasteiger partial charge in [0, 0.05) is 17.7 Å². The maximum Gasteiger partial charge on any atom is 0.271 e. The van der Waals surface area contributed by atoms with Crippen LogP contribution in [0, 0.1) is 30.9 Å². The van der Waals surface area contributed by atoms with Crippen LogP contribution >= 0.6 is 0 Å². The van der Waals surface area contributed by atoms with E-state index in [0.29, 0.717) is 16.8 Å². The molecule has 2 N–H and O–H groups in total. The Morgan fingerprint density at radius 1 is 0.871 bits per heavy atom. The second-order valence-corrected chi connectivity index (χ2v) is 8.84. The van der Waals surface area contributed by atoms with Crippen molar-refractivity contribution in [1.29, 1.82) is 0 Å². The van der Waals surface area contributed by atoms with Crippen LogP contribution in [0.4, 0.5) is 17.1 Å². The third kappa shape index (κ3) is 5.07. The van der Waals surface area contributed by atoms with Crippen LogP contribution in [0.25, 0.3) is 0 Å². The largest absolute Gasteiger partial charge is 0.321 e. The maximum atomic E-state index is 12.7. The normalized spacial score (nSPS) is 11.1. The Bertz CT molecular complexity index is 1270. The summed E-state index contributed by atoms with van der Waals surface area (Å²) < 4.78 is 27.9. The molecular weight excluding hydrogens is 418 g/mol. The van der Waals surface area contributed by atoms with Crippen LogP contribution in [0.3, 0.4) is 0 Å². The Morgan fingerprint density at radius 3 is 2.13 bits per heavy atom. The highest BCUT2D eigenvalue weighted by atomic mass is 32.2. The van der Waals surface area contributed by atoms with Crippen LogP contribution < -0.4 is 10.0 Å². The molecular formula is C22H21N3O5S. The Balaban J connectivity index is 1.87. The van der Waals surface area contributed by atoms with E-state index < -0.39 is 20.9 Å². The number of benzene rings is 3. The van der Waals surface area contributed by atoms with Gasteiger partial charge in [-0.3, -0.25) is 19.6 Å². The van der Waals surface area contributed by atoms with Gasteiger partial charge in [0.25, 0.3) is 21.6 Å². The number of rotatable bonds is 6. The van der Waals surface area contributed by atoms with Gasteiger partial charge in [0.1, 0.15) is 0 Å². The van der Waals surface area contributed by atoms with Gasteiger partial charge in [-0.05, 0) is 56.2 Å². The zero-order chi connectivity index (χ0) is 22.8. The van der Waals surface area contributed by atoms with E-state index in [1.165, 1.54) is 30.3 Å². The van der Waals surface area contributed by atoms with E-state index >= 15 is 0 Å². The molecule has 0 heterocycles. The number of nitrogens with one attached hydrogen (secondary N) is 2. The van der Waals surface area contributed by atoms with Gasteiger partial charge in [-0.25, -0.2) is 8.42 Å². The minimum Gasteiger partial charge on any atom is -0.321 e. The molecule has 8 nitrogen and oxygen atoms in total. The van der Waals surface area contributed by atoms with Crippen LogP contribution in [0.5, 0.6) is 0 Å². The zero-order valence-corrected chi connectivity index (χ0v) is 18.0. The van der Waals surface area contributed by atoms with Crippen molar-refractivity contribution in [3.63, 3.8) is 0 Å². The molecule has 0 spiro atoms. The van der Waals surface area contributed by atoms with Crippen LogP contribution in [0.15, 0.2) is 65.6 Å². The lowest BCUT2D eigenvalue weighted by molar-refractivity contribution is -0.384. The molecule has 0 fully saturated rings. The van der Waals surface area contributed by atoms with Gasteiger partial charge in [-0.15, -0.1) is 0 Å². The average molecular weight is 439 g/mol. The summed E-state index contributed by atoms with van der Waals surface area (Å²) in [6.45, 7) is 5.30. The van der Waals surface area contributed by atoms with Gasteiger partial charge in [0.15, 0.2) is 0 Å². The maximum absolute atomic E-state index is 12.7. The fraction of sp³-hybridized carbons (Fsp3) is 0.136. The monoisotopic (exact) mass is 439 g/mol. The minimum atomic E-state index is -3.83. The highest BCUT2D eigenvalue weighted by molar-refractivity contribution is 7.92. The highest BCUT2D eigenvalue weighted by Crippen LogP contribution is 2.25. The molecule has 0 aliphatic rings. The van der Waals surface area contributed by atoms with E-state index in [0.717, 1.165) is 5.56 Å². The molecule has 0 radical (unpaired) electrons. The van der Waals surface area contributed by atoms with Crippen molar-refractivity contribution < 1.29 is 18.1 Å². The highest BCUT2D eigenvalue weighted by Gasteiger charge is 2.17. The summed E-state index contributed by atoms with van der Waals surface area (Å²) in [4.78, 5) is 23.3. The van der Waals surface area contributed by atoms with Crippen LogP contribution in [-0.2, 0) is 10.0 Å². The summed E-state index contributed by atoms with van der Waals surface area (Å²) in [6, 6.07) is 15.2. The van der Waals surface area contributed by atoms with Crippen LogP contribution in [0.2, 0.25) is 0 Å². The van der Waals surface area contributed by atoms with Crippen molar-refractivity contribution in [2.45, 2.75) is 25.7 Å². The van der Waals surface area contributed by atoms with Gasteiger partial charge < -0.3 is 5.32 Å². The molecule has 0 aliphatic carbocycles. The minimum absolute atomic E-state index is 0.111. The number of hydrogen-bond acceptors (Lipinski definition) is 5. The van der Waals surface area contributed by atoms with E-state index in [2.05, 4.69) is 10.0 Å².